The fraction of sp³-hybridized carbons (Fsp3) is 0.818. The van der Waals surface area contributed by atoms with Crippen LogP contribution in [-0.4, -0.2) is 39.6 Å². The molecule has 0 bridgehead atoms. The minimum absolute atomic E-state index is 0.213. The van der Waals surface area contributed by atoms with Crippen molar-refractivity contribution < 1.29 is 9.53 Å². The molecule has 0 atom stereocenters. The van der Waals surface area contributed by atoms with Crippen LogP contribution in [0.15, 0.2) is 0 Å². The molecule has 0 aromatic rings. The first-order valence-corrected chi connectivity index (χ1v) is 6.76. The minimum atomic E-state index is -0.615. The summed E-state index contributed by atoms with van der Waals surface area (Å²) in [4.78, 5) is 13.7. The third-order valence-electron chi connectivity index (χ3n) is 2.13. The van der Waals surface area contributed by atoms with Crippen LogP contribution < -0.4 is 0 Å². The van der Waals surface area contributed by atoms with Crippen molar-refractivity contribution in [3.63, 3.8) is 0 Å². The highest BCUT2D eigenvalue weighted by Gasteiger charge is 2.32. The van der Waals surface area contributed by atoms with E-state index in [1.165, 1.54) is 11.8 Å². The summed E-state index contributed by atoms with van der Waals surface area (Å²) in [6, 6.07) is 0. The second-order valence-corrected chi connectivity index (χ2v) is 6.03. The number of hydrogen-bond donors (Lipinski definition) is 0. The Labute approximate surface area is 108 Å². The van der Waals surface area contributed by atoms with Gasteiger partial charge in [0.15, 0.2) is 0 Å². The van der Waals surface area contributed by atoms with Crippen LogP contribution >= 0.6 is 24.0 Å². The second kappa shape index (κ2) is 7.12. The molecule has 94 valence electrons. The second-order valence-electron chi connectivity index (χ2n) is 3.77. The highest BCUT2D eigenvalue weighted by atomic mass is 32.2. The Bertz CT molecular complexity index is 250. The van der Waals surface area contributed by atoms with Gasteiger partial charge in [-0.15, -0.1) is 0 Å². The highest BCUT2D eigenvalue weighted by molar-refractivity contribution is 8.24. The van der Waals surface area contributed by atoms with Gasteiger partial charge in [0, 0.05) is 13.1 Å². The van der Waals surface area contributed by atoms with Crippen LogP contribution in [0, 0.1) is 0 Å². The number of nitrogens with zero attached hydrogens (tertiary/aromatic N) is 1. The zero-order valence-corrected chi connectivity index (χ0v) is 12.3. The Morgan fingerprint density at radius 3 is 2.19 bits per heavy atom. The third kappa shape index (κ3) is 4.70. The number of esters is 1. The first-order valence-electron chi connectivity index (χ1n) is 5.54. The van der Waals surface area contributed by atoms with Crippen molar-refractivity contribution in [3.8, 4) is 0 Å². The van der Waals surface area contributed by atoms with Gasteiger partial charge < -0.3 is 9.64 Å². The van der Waals surface area contributed by atoms with Crippen LogP contribution in [0.3, 0.4) is 0 Å². The summed E-state index contributed by atoms with van der Waals surface area (Å²) in [5.41, 5.74) is 0. The van der Waals surface area contributed by atoms with Crippen molar-refractivity contribution in [2.45, 2.75) is 39.4 Å². The summed E-state index contributed by atoms with van der Waals surface area (Å²) < 4.78 is 5.15. The van der Waals surface area contributed by atoms with Gasteiger partial charge >= 0.3 is 5.97 Å². The molecule has 0 rings (SSSR count). The van der Waals surface area contributed by atoms with Gasteiger partial charge in [0.1, 0.15) is 9.07 Å². The number of carbonyl (C=O) groups excluding carboxylic acids is 1. The molecule has 0 spiro atoms. The van der Waals surface area contributed by atoms with Crippen molar-refractivity contribution in [1.82, 2.24) is 4.90 Å². The lowest BCUT2D eigenvalue weighted by molar-refractivity contribution is -0.145. The van der Waals surface area contributed by atoms with E-state index in [-0.39, 0.29) is 5.97 Å². The van der Waals surface area contributed by atoms with E-state index in [0.717, 1.165) is 17.4 Å². The first-order chi connectivity index (χ1) is 7.38. The normalized spacial score (nSPS) is 11.1. The molecule has 0 unspecified atom stereocenters. The molecule has 0 aliphatic rings. The first kappa shape index (κ1) is 15.7. The Hall–Kier alpha value is -0.290. The zero-order chi connectivity index (χ0) is 12.8. The average molecular weight is 263 g/mol. The van der Waals surface area contributed by atoms with Crippen LogP contribution in [0.4, 0.5) is 0 Å². The molecule has 0 aliphatic heterocycles. The van der Waals surface area contributed by atoms with Crippen molar-refractivity contribution in [1.29, 1.82) is 0 Å². The van der Waals surface area contributed by atoms with Gasteiger partial charge in [-0.1, -0.05) is 24.0 Å². The Morgan fingerprint density at radius 1 is 1.31 bits per heavy atom. The largest absolute Gasteiger partial charge is 0.465 e. The lowest BCUT2D eigenvalue weighted by Crippen LogP contribution is -2.36. The molecule has 0 saturated carbocycles. The molecular formula is C11H21NO2S2. The summed E-state index contributed by atoms with van der Waals surface area (Å²) >= 11 is 6.70. The molecule has 0 saturated heterocycles. The van der Waals surface area contributed by atoms with Gasteiger partial charge in [-0.3, -0.25) is 4.79 Å². The topological polar surface area (TPSA) is 29.5 Å². The summed E-state index contributed by atoms with van der Waals surface area (Å²) in [5, 5.41) is 0. The molecule has 5 heteroatoms. The Balaban J connectivity index is 4.45. The highest BCUT2D eigenvalue weighted by Crippen LogP contribution is 2.28. The maximum atomic E-state index is 11.7. The lowest BCUT2D eigenvalue weighted by Gasteiger charge is -2.27. The lowest BCUT2D eigenvalue weighted by atomic mass is 10.2. The standard InChI is InChI=1S/C11H21NO2S2/c1-6-12(7-2)10(15)16-11(4,5)9(13)14-8-3/h6-8H2,1-5H3. The quantitative estimate of drug-likeness (QED) is 0.562. The van der Waals surface area contributed by atoms with E-state index in [9.17, 15) is 4.79 Å². The summed E-state index contributed by atoms with van der Waals surface area (Å²) in [7, 11) is 0. The van der Waals surface area contributed by atoms with E-state index in [2.05, 4.69) is 4.90 Å². The van der Waals surface area contributed by atoms with E-state index >= 15 is 0 Å². The summed E-state index contributed by atoms with van der Waals surface area (Å²) in [5.74, 6) is -0.213. The van der Waals surface area contributed by atoms with Crippen molar-refractivity contribution in [2.24, 2.45) is 0 Å². The summed E-state index contributed by atoms with van der Waals surface area (Å²) in [6.07, 6.45) is 0. The molecule has 0 amide bonds. The third-order valence-corrected chi connectivity index (χ3v) is 3.75. The number of rotatable bonds is 5. The van der Waals surface area contributed by atoms with Crippen LogP contribution in [0.1, 0.15) is 34.6 Å². The van der Waals surface area contributed by atoms with Gasteiger partial charge in [0.05, 0.1) is 6.61 Å². The predicted octanol–water partition coefficient (Wildman–Crippen LogP) is 2.69. The molecule has 0 N–H and O–H groups in total. The van der Waals surface area contributed by atoms with E-state index in [4.69, 9.17) is 17.0 Å². The van der Waals surface area contributed by atoms with Crippen LogP contribution in [0.5, 0.6) is 0 Å². The molecule has 0 radical (unpaired) electrons. The molecule has 16 heavy (non-hydrogen) atoms. The van der Waals surface area contributed by atoms with E-state index in [0.29, 0.717) is 6.61 Å². The Kier molecular flexibility index (Phi) is 6.99. The number of thiocarbonyl (C=S) groups is 1. The predicted molar refractivity (Wildman–Crippen MR) is 73.8 cm³/mol. The fourth-order valence-electron chi connectivity index (χ4n) is 1.11. The van der Waals surface area contributed by atoms with Crippen LogP contribution in [0.25, 0.3) is 0 Å². The van der Waals surface area contributed by atoms with Crippen molar-refractivity contribution >= 4 is 34.3 Å². The zero-order valence-electron chi connectivity index (χ0n) is 10.7. The molecule has 0 heterocycles. The molecule has 0 aromatic carbocycles. The monoisotopic (exact) mass is 263 g/mol. The molecule has 0 aromatic heterocycles. The minimum Gasteiger partial charge on any atom is -0.465 e. The average Bonchev–Trinajstić information content (AvgIpc) is 2.19. The van der Waals surface area contributed by atoms with Crippen molar-refractivity contribution in [2.75, 3.05) is 19.7 Å². The Morgan fingerprint density at radius 2 is 1.81 bits per heavy atom. The maximum Gasteiger partial charge on any atom is 0.322 e. The smallest absolute Gasteiger partial charge is 0.322 e. The molecule has 3 nitrogen and oxygen atoms in total. The number of ether oxygens (including phenoxy) is 1. The molecular weight excluding hydrogens is 242 g/mol. The van der Waals surface area contributed by atoms with Crippen molar-refractivity contribution in [3.05, 3.63) is 0 Å². The van der Waals surface area contributed by atoms with E-state index < -0.39 is 4.75 Å². The van der Waals surface area contributed by atoms with Crippen LogP contribution in [-0.2, 0) is 9.53 Å². The van der Waals surface area contributed by atoms with Gasteiger partial charge in [0.2, 0.25) is 0 Å². The van der Waals surface area contributed by atoms with Gasteiger partial charge in [0.25, 0.3) is 0 Å². The number of carbonyl (C=O) groups is 1. The SMILES string of the molecule is CCOC(=O)C(C)(C)SC(=S)N(CC)CC. The fourth-order valence-corrected chi connectivity index (χ4v) is 2.96. The van der Waals surface area contributed by atoms with Gasteiger partial charge in [-0.05, 0) is 34.6 Å². The number of hydrogen-bond acceptors (Lipinski definition) is 4. The van der Waals surface area contributed by atoms with E-state index in [1.807, 2.05) is 27.7 Å². The van der Waals surface area contributed by atoms with Crippen LogP contribution in [0.2, 0.25) is 0 Å². The molecule has 0 fully saturated rings. The van der Waals surface area contributed by atoms with Gasteiger partial charge in [-0.2, -0.15) is 0 Å². The molecule has 0 aliphatic carbocycles. The summed E-state index contributed by atoms with van der Waals surface area (Å²) in [6.45, 7) is 11.7. The van der Waals surface area contributed by atoms with Gasteiger partial charge in [-0.25, -0.2) is 0 Å². The van der Waals surface area contributed by atoms with E-state index in [1.54, 1.807) is 6.92 Å². The maximum absolute atomic E-state index is 11.7. The number of thioether (sulfide) groups is 1.